The molecular weight excluding hydrogens is 361 g/mol. The summed E-state index contributed by atoms with van der Waals surface area (Å²) in [6.45, 7) is 2.10. The van der Waals surface area contributed by atoms with Gasteiger partial charge in [-0.1, -0.05) is 18.2 Å². The van der Waals surface area contributed by atoms with Crippen LogP contribution in [0.1, 0.15) is 19.3 Å². The van der Waals surface area contributed by atoms with E-state index in [1.165, 1.54) is 6.42 Å². The summed E-state index contributed by atoms with van der Waals surface area (Å²) < 4.78 is 5.62. The molecule has 1 aromatic carbocycles. The third-order valence-corrected chi connectivity index (χ3v) is 3.93. The molecule has 1 fully saturated rings. The molecule has 1 saturated heterocycles. The van der Waals surface area contributed by atoms with Crippen LogP contribution < -0.4 is 15.4 Å². The molecule has 0 aliphatic carbocycles. The zero-order chi connectivity index (χ0) is 15.9. The molecule has 1 aliphatic rings. The molecule has 1 aliphatic heterocycles. The van der Waals surface area contributed by atoms with Crippen LogP contribution in [0.15, 0.2) is 48.7 Å². The summed E-state index contributed by atoms with van der Waals surface area (Å²) in [5.41, 5.74) is 0.694. The van der Waals surface area contributed by atoms with Crippen molar-refractivity contribution in [2.45, 2.75) is 19.3 Å². The maximum Gasteiger partial charge on any atom is 0.224 e. The highest BCUT2D eigenvalue weighted by Gasteiger charge is 2.15. The Morgan fingerprint density at radius 2 is 2.00 bits per heavy atom. The summed E-state index contributed by atoms with van der Waals surface area (Å²) in [5.74, 6) is 1.91. The number of amides is 1. The molecule has 2 N–H and O–H groups in total. The Labute approximate surface area is 160 Å². The number of anilines is 1. The quantitative estimate of drug-likeness (QED) is 0.789. The van der Waals surface area contributed by atoms with E-state index in [0.717, 1.165) is 25.3 Å². The average molecular weight is 384 g/mol. The molecule has 5 nitrogen and oxygen atoms in total. The van der Waals surface area contributed by atoms with Gasteiger partial charge in [-0.25, -0.2) is 4.98 Å². The number of benzene rings is 1. The normalized spacial score (nSPS) is 15.6. The van der Waals surface area contributed by atoms with E-state index in [1.54, 1.807) is 18.3 Å². The van der Waals surface area contributed by atoms with Gasteiger partial charge in [-0.15, -0.1) is 24.8 Å². The molecule has 2 heterocycles. The number of rotatable bonds is 6. The monoisotopic (exact) mass is 383 g/mol. The van der Waals surface area contributed by atoms with Crippen molar-refractivity contribution in [3.8, 4) is 11.6 Å². The zero-order valence-electron chi connectivity index (χ0n) is 13.8. The first-order valence-corrected chi connectivity index (χ1v) is 7.99. The van der Waals surface area contributed by atoms with Gasteiger partial charge in [0, 0.05) is 12.5 Å². The lowest BCUT2D eigenvalue weighted by Crippen LogP contribution is -2.15. The number of hydrogen-bond acceptors (Lipinski definition) is 4. The Hall–Kier alpha value is -1.82. The van der Waals surface area contributed by atoms with Gasteiger partial charge in [-0.05, 0) is 50.0 Å². The number of hydrogen-bond donors (Lipinski definition) is 2. The Bertz CT molecular complexity index is 633. The molecular formula is C18H23Cl2N3O2. The van der Waals surface area contributed by atoms with E-state index in [4.69, 9.17) is 4.74 Å². The lowest BCUT2D eigenvalue weighted by Gasteiger charge is -2.09. The first-order valence-electron chi connectivity index (χ1n) is 7.99. The molecule has 0 radical (unpaired) electrons. The molecule has 0 bridgehead atoms. The van der Waals surface area contributed by atoms with Crippen LogP contribution in [0.5, 0.6) is 11.6 Å². The molecule has 2 aromatic rings. The van der Waals surface area contributed by atoms with Crippen LogP contribution in [-0.4, -0.2) is 24.0 Å². The fourth-order valence-electron chi connectivity index (χ4n) is 2.64. The molecule has 136 valence electrons. The summed E-state index contributed by atoms with van der Waals surface area (Å²) in [6.07, 6.45) is 4.27. The van der Waals surface area contributed by atoms with Crippen LogP contribution in [0.4, 0.5) is 5.69 Å². The van der Waals surface area contributed by atoms with Crippen molar-refractivity contribution in [3.63, 3.8) is 0 Å². The van der Waals surface area contributed by atoms with Gasteiger partial charge in [-0.2, -0.15) is 0 Å². The first-order chi connectivity index (χ1) is 11.3. The van der Waals surface area contributed by atoms with Gasteiger partial charge in [0.25, 0.3) is 0 Å². The fraction of sp³-hybridized carbons (Fsp3) is 0.333. The Kier molecular flexibility index (Phi) is 9.27. The van der Waals surface area contributed by atoms with Crippen LogP contribution in [0.25, 0.3) is 0 Å². The number of carbonyl (C=O) groups excluding carboxylic acids is 1. The average Bonchev–Trinajstić information content (AvgIpc) is 3.09. The molecule has 1 atom stereocenters. The van der Waals surface area contributed by atoms with Crippen molar-refractivity contribution in [1.29, 1.82) is 0 Å². The van der Waals surface area contributed by atoms with Gasteiger partial charge >= 0.3 is 0 Å². The van der Waals surface area contributed by atoms with Crippen LogP contribution >= 0.6 is 24.8 Å². The van der Waals surface area contributed by atoms with Gasteiger partial charge in [0.1, 0.15) is 5.75 Å². The van der Waals surface area contributed by atoms with E-state index in [2.05, 4.69) is 15.6 Å². The minimum atomic E-state index is 0. The second kappa shape index (κ2) is 10.9. The number of nitrogens with one attached hydrogen (secondary N) is 2. The maximum atomic E-state index is 12.0. The highest BCUT2D eigenvalue weighted by Crippen LogP contribution is 2.20. The number of carbonyl (C=O) groups is 1. The van der Waals surface area contributed by atoms with Crippen molar-refractivity contribution >= 4 is 36.4 Å². The molecule has 7 heteroatoms. The topological polar surface area (TPSA) is 63.2 Å². The molecule has 0 spiro atoms. The molecule has 1 amide bonds. The minimum absolute atomic E-state index is 0. The molecule has 0 saturated carbocycles. The largest absolute Gasteiger partial charge is 0.439 e. The lowest BCUT2D eigenvalue weighted by molar-refractivity contribution is -0.116. The van der Waals surface area contributed by atoms with Gasteiger partial charge in [0.05, 0.1) is 11.9 Å². The predicted molar refractivity (Wildman–Crippen MR) is 104 cm³/mol. The van der Waals surface area contributed by atoms with Crippen LogP contribution in [-0.2, 0) is 4.79 Å². The van der Waals surface area contributed by atoms with Crippen molar-refractivity contribution in [1.82, 2.24) is 10.3 Å². The zero-order valence-corrected chi connectivity index (χ0v) is 15.4. The second-order valence-electron chi connectivity index (χ2n) is 5.75. The van der Waals surface area contributed by atoms with Gasteiger partial charge in [0.2, 0.25) is 11.8 Å². The van der Waals surface area contributed by atoms with Gasteiger partial charge < -0.3 is 15.4 Å². The van der Waals surface area contributed by atoms with Gasteiger partial charge in [-0.3, -0.25) is 4.79 Å². The summed E-state index contributed by atoms with van der Waals surface area (Å²) in [6, 6.07) is 13.0. The third-order valence-electron chi connectivity index (χ3n) is 3.93. The minimum Gasteiger partial charge on any atom is -0.439 e. The number of pyridine rings is 1. The Morgan fingerprint density at radius 1 is 1.20 bits per heavy atom. The number of para-hydroxylation sites is 1. The van der Waals surface area contributed by atoms with Crippen LogP contribution in [0.2, 0.25) is 0 Å². The number of ether oxygens (including phenoxy) is 1. The predicted octanol–water partition coefficient (Wildman–Crippen LogP) is 4.05. The lowest BCUT2D eigenvalue weighted by atomic mass is 10.0. The summed E-state index contributed by atoms with van der Waals surface area (Å²) in [5, 5.41) is 6.20. The molecule has 25 heavy (non-hydrogen) atoms. The number of halogens is 2. The van der Waals surface area contributed by atoms with E-state index < -0.39 is 0 Å². The maximum absolute atomic E-state index is 12.0. The van der Waals surface area contributed by atoms with Crippen molar-refractivity contribution in [2.75, 3.05) is 18.4 Å². The molecule has 3 rings (SSSR count). The fourth-order valence-corrected chi connectivity index (χ4v) is 2.64. The van der Waals surface area contributed by atoms with Crippen molar-refractivity contribution in [3.05, 3.63) is 48.7 Å². The van der Waals surface area contributed by atoms with E-state index in [9.17, 15) is 4.79 Å². The van der Waals surface area contributed by atoms with E-state index in [0.29, 0.717) is 23.9 Å². The van der Waals surface area contributed by atoms with Crippen LogP contribution in [0.3, 0.4) is 0 Å². The Morgan fingerprint density at radius 3 is 2.64 bits per heavy atom. The first kappa shape index (κ1) is 21.2. The van der Waals surface area contributed by atoms with Crippen molar-refractivity contribution in [2.24, 2.45) is 5.92 Å². The Balaban J connectivity index is 0.00000156. The molecule has 1 aromatic heterocycles. The van der Waals surface area contributed by atoms with E-state index >= 15 is 0 Å². The van der Waals surface area contributed by atoms with Crippen molar-refractivity contribution < 1.29 is 9.53 Å². The van der Waals surface area contributed by atoms with Crippen LogP contribution in [0, 0.1) is 5.92 Å². The second-order valence-corrected chi connectivity index (χ2v) is 5.75. The van der Waals surface area contributed by atoms with E-state index in [-0.39, 0.29) is 30.7 Å². The summed E-state index contributed by atoms with van der Waals surface area (Å²) in [7, 11) is 0. The standard InChI is InChI=1S/C18H21N3O2.2ClH/c22-17(8-6-14-10-11-19-12-14)21-15-7-9-18(20-13-15)23-16-4-2-1-3-5-16;;/h1-5,7,9,13-14,19H,6,8,10-12H2,(H,21,22);2*1H. The summed E-state index contributed by atoms with van der Waals surface area (Å²) >= 11 is 0. The smallest absolute Gasteiger partial charge is 0.224 e. The number of nitrogens with zero attached hydrogens (tertiary/aromatic N) is 1. The SMILES string of the molecule is Cl.Cl.O=C(CCC1CCNC1)Nc1ccc(Oc2ccccc2)nc1. The third kappa shape index (κ3) is 6.90. The highest BCUT2D eigenvalue weighted by molar-refractivity contribution is 5.90. The van der Waals surface area contributed by atoms with Gasteiger partial charge in [0.15, 0.2) is 0 Å². The summed E-state index contributed by atoms with van der Waals surface area (Å²) in [4.78, 5) is 16.2. The molecule has 1 unspecified atom stereocenters. The van der Waals surface area contributed by atoms with E-state index in [1.807, 2.05) is 30.3 Å². The number of aromatic nitrogens is 1. The highest BCUT2D eigenvalue weighted by atomic mass is 35.5.